The number of rotatable bonds is 6. The first-order valence-corrected chi connectivity index (χ1v) is 8.97. The SMILES string of the molecule is Cc1ncoc1C(=O)NCCN(C1CCOCC1)S(C)(=O)=O. The van der Waals surface area contributed by atoms with Gasteiger partial charge in [-0.2, -0.15) is 4.31 Å². The van der Waals surface area contributed by atoms with E-state index in [1.807, 2.05) is 0 Å². The minimum atomic E-state index is -3.33. The van der Waals surface area contributed by atoms with Crippen LogP contribution in [0.3, 0.4) is 0 Å². The molecule has 1 aliphatic heterocycles. The summed E-state index contributed by atoms with van der Waals surface area (Å²) in [6.45, 7) is 3.22. The summed E-state index contributed by atoms with van der Waals surface area (Å²) in [6, 6.07) is -0.0762. The van der Waals surface area contributed by atoms with Crippen molar-refractivity contribution in [1.29, 1.82) is 0 Å². The Bertz CT molecular complexity index is 607. The van der Waals surface area contributed by atoms with Crippen LogP contribution in [-0.4, -0.2) is 62.2 Å². The number of carbonyl (C=O) groups excluding carboxylic acids is 1. The number of carbonyl (C=O) groups is 1. The number of amides is 1. The third-order valence-corrected chi connectivity index (χ3v) is 4.93. The molecule has 0 radical (unpaired) electrons. The third-order valence-electron chi connectivity index (χ3n) is 3.59. The molecule has 2 rings (SSSR count). The van der Waals surface area contributed by atoms with Crippen LogP contribution in [0.5, 0.6) is 0 Å². The van der Waals surface area contributed by atoms with Gasteiger partial charge in [-0.15, -0.1) is 0 Å². The van der Waals surface area contributed by atoms with E-state index in [0.29, 0.717) is 31.7 Å². The second-order valence-electron chi connectivity index (χ2n) is 5.24. The van der Waals surface area contributed by atoms with E-state index in [1.165, 1.54) is 17.0 Å². The Labute approximate surface area is 129 Å². The zero-order chi connectivity index (χ0) is 16.2. The highest BCUT2D eigenvalue weighted by Gasteiger charge is 2.28. The maximum atomic E-state index is 11.9. The highest BCUT2D eigenvalue weighted by Crippen LogP contribution is 2.17. The van der Waals surface area contributed by atoms with Gasteiger partial charge in [0.15, 0.2) is 6.39 Å². The molecule has 1 amide bonds. The largest absolute Gasteiger partial charge is 0.438 e. The average Bonchev–Trinajstić information content (AvgIpc) is 2.89. The first-order valence-electron chi connectivity index (χ1n) is 7.12. The standard InChI is InChI=1S/C13H21N3O5S/c1-10-12(21-9-15-10)13(17)14-5-6-16(22(2,18)19)11-3-7-20-8-4-11/h9,11H,3-8H2,1-2H3,(H,14,17). The molecule has 0 bridgehead atoms. The van der Waals surface area contributed by atoms with Gasteiger partial charge in [-0.1, -0.05) is 0 Å². The summed E-state index contributed by atoms with van der Waals surface area (Å²) in [7, 11) is -3.33. The molecular weight excluding hydrogens is 310 g/mol. The topological polar surface area (TPSA) is 102 Å². The van der Waals surface area contributed by atoms with Crippen molar-refractivity contribution in [2.75, 3.05) is 32.6 Å². The normalized spacial score (nSPS) is 16.9. The van der Waals surface area contributed by atoms with Crippen molar-refractivity contribution in [2.45, 2.75) is 25.8 Å². The monoisotopic (exact) mass is 331 g/mol. The van der Waals surface area contributed by atoms with Crippen LogP contribution in [-0.2, 0) is 14.8 Å². The van der Waals surface area contributed by atoms with E-state index in [2.05, 4.69) is 10.3 Å². The molecule has 1 saturated heterocycles. The summed E-state index contributed by atoms with van der Waals surface area (Å²) < 4.78 is 35.6. The quantitative estimate of drug-likeness (QED) is 0.796. The number of nitrogens with zero attached hydrogens (tertiary/aromatic N) is 2. The number of oxazole rings is 1. The van der Waals surface area contributed by atoms with Crippen molar-refractivity contribution in [2.24, 2.45) is 0 Å². The van der Waals surface area contributed by atoms with Crippen LogP contribution in [0, 0.1) is 6.92 Å². The van der Waals surface area contributed by atoms with E-state index in [0.717, 1.165) is 0 Å². The molecule has 2 heterocycles. The number of hydrogen-bond donors (Lipinski definition) is 1. The molecule has 1 fully saturated rings. The van der Waals surface area contributed by atoms with Crippen LogP contribution < -0.4 is 5.32 Å². The van der Waals surface area contributed by atoms with Gasteiger partial charge in [-0.25, -0.2) is 13.4 Å². The number of nitrogens with one attached hydrogen (secondary N) is 1. The van der Waals surface area contributed by atoms with Crippen molar-refractivity contribution in [1.82, 2.24) is 14.6 Å². The second kappa shape index (κ2) is 7.21. The molecular formula is C13H21N3O5S. The predicted molar refractivity (Wildman–Crippen MR) is 79.0 cm³/mol. The summed E-state index contributed by atoms with van der Waals surface area (Å²) in [5.41, 5.74) is 0.502. The Morgan fingerprint density at radius 1 is 1.45 bits per heavy atom. The molecule has 0 aromatic carbocycles. The lowest BCUT2D eigenvalue weighted by molar-refractivity contribution is 0.0584. The second-order valence-corrected chi connectivity index (χ2v) is 7.18. The van der Waals surface area contributed by atoms with E-state index in [-0.39, 0.29) is 24.9 Å². The molecule has 22 heavy (non-hydrogen) atoms. The lowest BCUT2D eigenvalue weighted by Crippen LogP contribution is -2.46. The minimum absolute atomic E-state index is 0.0762. The number of ether oxygens (including phenoxy) is 1. The van der Waals surface area contributed by atoms with E-state index in [4.69, 9.17) is 9.15 Å². The lowest BCUT2D eigenvalue weighted by Gasteiger charge is -2.32. The summed E-state index contributed by atoms with van der Waals surface area (Å²) in [5.74, 6) is -0.243. The molecule has 1 aromatic rings. The van der Waals surface area contributed by atoms with Crippen LogP contribution in [0.4, 0.5) is 0 Å². The number of aromatic nitrogens is 1. The van der Waals surface area contributed by atoms with Gasteiger partial charge in [0.25, 0.3) is 5.91 Å². The molecule has 0 spiro atoms. The fraction of sp³-hybridized carbons (Fsp3) is 0.692. The molecule has 0 atom stereocenters. The van der Waals surface area contributed by atoms with E-state index in [1.54, 1.807) is 6.92 Å². The highest BCUT2D eigenvalue weighted by atomic mass is 32.2. The first-order chi connectivity index (χ1) is 10.4. The summed E-state index contributed by atoms with van der Waals surface area (Å²) in [6.07, 6.45) is 3.73. The maximum absolute atomic E-state index is 11.9. The zero-order valence-corrected chi connectivity index (χ0v) is 13.6. The summed E-state index contributed by atoms with van der Waals surface area (Å²) >= 11 is 0. The van der Waals surface area contributed by atoms with Gasteiger partial charge >= 0.3 is 0 Å². The van der Waals surface area contributed by atoms with Crippen molar-refractivity contribution < 1.29 is 22.4 Å². The Kier molecular flexibility index (Phi) is 5.54. The smallest absolute Gasteiger partial charge is 0.289 e. The van der Waals surface area contributed by atoms with Crippen molar-refractivity contribution in [3.8, 4) is 0 Å². The number of hydrogen-bond acceptors (Lipinski definition) is 6. The molecule has 9 heteroatoms. The van der Waals surface area contributed by atoms with E-state index >= 15 is 0 Å². The van der Waals surface area contributed by atoms with Gasteiger partial charge in [0.1, 0.15) is 0 Å². The van der Waals surface area contributed by atoms with Gasteiger partial charge in [-0.05, 0) is 19.8 Å². The summed E-state index contributed by atoms with van der Waals surface area (Å²) in [4.78, 5) is 15.7. The third kappa shape index (κ3) is 4.28. The Hall–Kier alpha value is -1.45. The Morgan fingerprint density at radius 2 is 2.14 bits per heavy atom. The minimum Gasteiger partial charge on any atom is -0.438 e. The molecule has 0 aliphatic carbocycles. The van der Waals surface area contributed by atoms with Gasteiger partial charge in [-0.3, -0.25) is 4.79 Å². The summed E-state index contributed by atoms with van der Waals surface area (Å²) in [5, 5.41) is 2.66. The Morgan fingerprint density at radius 3 is 2.68 bits per heavy atom. The maximum Gasteiger partial charge on any atom is 0.289 e. The molecule has 1 N–H and O–H groups in total. The fourth-order valence-electron chi connectivity index (χ4n) is 2.47. The number of aryl methyl sites for hydroxylation is 1. The van der Waals surface area contributed by atoms with Crippen LogP contribution in [0.25, 0.3) is 0 Å². The molecule has 124 valence electrons. The Balaban J connectivity index is 1.91. The first kappa shape index (κ1) is 16.9. The highest BCUT2D eigenvalue weighted by molar-refractivity contribution is 7.88. The number of sulfonamides is 1. The van der Waals surface area contributed by atoms with Gasteiger partial charge in [0.05, 0.1) is 11.9 Å². The average molecular weight is 331 g/mol. The van der Waals surface area contributed by atoms with Crippen molar-refractivity contribution in [3.05, 3.63) is 17.8 Å². The van der Waals surface area contributed by atoms with Gasteiger partial charge in [0.2, 0.25) is 15.8 Å². The molecule has 0 unspecified atom stereocenters. The molecule has 1 aromatic heterocycles. The van der Waals surface area contributed by atoms with Crippen LogP contribution >= 0.6 is 0 Å². The van der Waals surface area contributed by atoms with E-state index < -0.39 is 15.9 Å². The predicted octanol–water partition coefficient (Wildman–Crippen LogP) is 0.153. The van der Waals surface area contributed by atoms with Gasteiger partial charge in [0, 0.05) is 32.3 Å². The van der Waals surface area contributed by atoms with Crippen molar-refractivity contribution >= 4 is 15.9 Å². The lowest BCUT2D eigenvalue weighted by atomic mass is 10.1. The van der Waals surface area contributed by atoms with Crippen molar-refractivity contribution in [3.63, 3.8) is 0 Å². The molecule has 1 aliphatic rings. The van der Waals surface area contributed by atoms with Gasteiger partial charge < -0.3 is 14.5 Å². The molecule has 8 nitrogen and oxygen atoms in total. The molecule has 0 saturated carbocycles. The van der Waals surface area contributed by atoms with Crippen LogP contribution in [0.15, 0.2) is 10.8 Å². The fourth-order valence-corrected chi connectivity index (χ4v) is 3.65. The van der Waals surface area contributed by atoms with E-state index in [9.17, 15) is 13.2 Å². The van der Waals surface area contributed by atoms with Crippen LogP contribution in [0.1, 0.15) is 29.1 Å². The van der Waals surface area contributed by atoms with Crippen LogP contribution in [0.2, 0.25) is 0 Å². The zero-order valence-electron chi connectivity index (χ0n) is 12.7.